The van der Waals surface area contributed by atoms with Gasteiger partial charge in [0.25, 0.3) is 32.9 Å². The van der Waals surface area contributed by atoms with Gasteiger partial charge < -0.3 is 30.9 Å². The molecule has 0 radical (unpaired) electrons. The van der Waals surface area contributed by atoms with E-state index < -0.39 is 29.8 Å². The van der Waals surface area contributed by atoms with Crippen LogP contribution in [0.25, 0.3) is 0 Å². The summed E-state index contributed by atoms with van der Waals surface area (Å²) in [5.74, 6) is 20.3. The molecule has 0 saturated heterocycles. The first-order chi connectivity index (χ1) is 45.9. The zero-order valence-corrected chi connectivity index (χ0v) is 59.1. The topological polar surface area (TPSA) is 309 Å². The highest BCUT2D eigenvalue weighted by Gasteiger charge is 2.14. The Morgan fingerprint density at radius 2 is 0.833 bits per heavy atom. The van der Waals surface area contributed by atoms with E-state index in [9.17, 15) is 48.9 Å². The number of hydrogen-bond acceptors (Lipinski definition) is 17. The highest BCUT2D eigenvalue weighted by atomic mass is 127. The van der Waals surface area contributed by atoms with Crippen LogP contribution in [-0.4, -0.2) is 121 Å². The number of aliphatic hydroxyl groups excluding tert-OH is 3. The Hall–Kier alpha value is -8.60. The van der Waals surface area contributed by atoms with Crippen molar-refractivity contribution in [3.63, 3.8) is 0 Å². The van der Waals surface area contributed by atoms with E-state index in [1.54, 1.807) is 67.6 Å². The Kier molecular flexibility index (Phi) is 50.7. The predicted molar refractivity (Wildman–Crippen MR) is 391 cm³/mol. The van der Waals surface area contributed by atoms with Crippen molar-refractivity contribution in [2.24, 2.45) is 0 Å². The smallest absolute Gasteiger partial charge is 0.296 e. The van der Waals surface area contributed by atoms with E-state index in [2.05, 4.69) is 114 Å². The number of nitrogens with zero attached hydrogens (tertiary/aromatic N) is 6. The molecule has 21 nitrogen and oxygen atoms in total. The van der Waals surface area contributed by atoms with Crippen LogP contribution in [0.3, 0.4) is 0 Å². The maximum absolute atomic E-state index is 12.0. The molecule has 6 rings (SSSR count). The van der Waals surface area contributed by atoms with Crippen LogP contribution in [0.5, 0.6) is 0 Å². The van der Waals surface area contributed by atoms with Crippen molar-refractivity contribution in [1.29, 1.82) is 0 Å². The monoisotopic (exact) mass is 1450 g/mol. The molecule has 6 aromatic rings. The molecule has 0 heterocycles. The SMILES string of the molecule is C#CCCCCO.CCO.CN(C)CCCCC#Cc1ccc([N+](=O)[O-])cc1.CN(C)CCCCCCc1ccc(N)cc1.Cc1ccc(S(=O)(=O)OCCCCC#Cc2ccc([N+](=O)[O-])cc2)cc1.O=[N+]([O-])c1ccc(C#CCCCCO)cc1.O=[N+]([O-])c1ccc(I)cc1. The number of rotatable bonds is 27. The van der Waals surface area contributed by atoms with E-state index in [1.807, 2.05) is 19.1 Å². The first kappa shape index (κ1) is 87.4. The molecule has 0 bridgehead atoms. The summed E-state index contributed by atoms with van der Waals surface area (Å²) in [5, 5.41) is 65.9. The standard InChI is InChI=1S/C19H19NO5S.C14H18N2O2.C14H24N2.C12H13NO3.C6H4INO2.C6H10O.C2H6O/c1-16-7-13-19(14-8-16)26(23,24)25-15-5-3-2-4-6-17-9-11-18(12-10-17)20(21)22;1-15(2)12-6-4-3-5-7-13-8-10-14(11-9-13)16(17)18;1-16(2)12-6-4-3-5-7-13-8-10-14(15)11-9-13;14-10-4-2-1-3-5-11-6-8-12(9-7-11)13(15)16;7-5-1-3-6(4-2-5)8(9)10;1-2-3-4-5-6-7;1-2-3/h7-14H,2-3,5,15H2,1H3;8-11H,3-4,6,12H2,1-2H3;8-11H,3-7,12,15H2,1-2H3;6-9,14H,1-2,4,10H2;1-4H;1,7H,3-6H2;3H,2H2,1H3. The number of non-ortho nitro benzene ring substituents is 4. The number of nitro groups is 4. The molecule has 5 N–H and O–H groups in total. The third-order valence-corrected chi connectivity index (χ3v) is 14.7. The number of halogens is 1. The molecule has 0 aliphatic carbocycles. The summed E-state index contributed by atoms with van der Waals surface area (Å²) in [7, 11) is 4.67. The minimum atomic E-state index is -3.71. The van der Waals surface area contributed by atoms with Gasteiger partial charge in [0.15, 0.2) is 0 Å². The molecular formula is C73H94IN7O14S. The van der Waals surface area contributed by atoms with Gasteiger partial charge in [-0.1, -0.05) is 78.2 Å². The number of nitro benzene ring substituents is 4. The normalized spacial score (nSPS) is 9.91. The summed E-state index contributed by atoms with van der Waals surface area (Å²) in [6, 6.07) is 39.7. The number of aryl methyl sites for hydroxylation is 2. The lowest BCUT2D eigenvalue weighted by Gasteiger charge is -2.08. The fourth-order valence-electron chi connectivity index (χ4n) is 7.41. The van der Waals surface area contributed by atoms with Gasteiger partial charge >= 0.3 is 0 Å². The second-order valence-corrected chi connectivity index (χ2v) is 24.3. The highest BCUT2D eigenvalue weighted by Crippen LogP contribution is 2.17. The van der Waals surface area contributed by atoms with Gasteiger partial charge in [-0.15, -0.1) is 12.3 Å². The second kappa shape index (κ2) is 55.7. The van der Waals surface area contributed by atoms with Crippen molar-refractivity contribution < 1.29 is 47.6 Å². The van der Waals surface area contributed by atoms with E-state index in [4.69, 9.17) is 31.7 Å². The number of aliphatic hydroxyl groups is 3. The zero-order chi connectivity index (χ0) is 71.8. The lowest BCUT2D eigenvalue weighted by molar-refractivity contribution is -0.385. The lowest BCUT2D eigenvalue weighted by Crippen LogP contribution is -2.12. The van der Waals surface area contributed by atoms with Crippen molar-refractivity contribution in [3.05, 3.63) is 217 Å². The van der Waals surface area contributed by atoms with Gasteiger partial charge in [-0.2, -0.15) is 8.42 Å². The molecule has 0 aliphatic rings. The molecule has 0 atom stereocenters. The summed E-state index contributed by atoms with van der Waals surface area (Å²) in [6.45, 7) is 6.67. The summed E-state index contributed by atoms with van der Waals surface area (Å²) >= 11 is 2.10. The van der Waals surface area contributed by atoms with Gasteiger partial charge in [-0.25, -0.2) is 0 Å². The third-order valence-electron chi connectivity index (χ3n) is 12.6. The first-order valence-electron chi connectivity index (χ1n) is 31.4. The number of anilines is 1. The summed E-state index contributed by atoms with van der Waals surface area (Å²) in [6.07, 6.45) is 21.3. The molecule has 518 valence electrons. The van der Waals surface area contributed by atoms with E-state index in [0.717, 1.165) is 90.3 Å². The van der Waals surface area contributed by atoms with Crippen LogP contribution < -0.4 is 5.73 Å². The largest absolute Gasteiger partial charge is 0.399 e. The number of benzene rings is 6. The Morgan fingerprint density at radius 3 is 1.20 bits per heavy atom. The molecular weight excluding hydrogens is 1360 g/mol. The third kappa shape index (κ3) is 47.3. The highest BCUT2D eigenvalue weighted by molar-refractivity contribution is 14.1. The quantitative estimate of drug-likeness (QED) is 0.00708. The van der Waals surface area contributed by atoms with Crippen molar-refractivity contribution >= 4 is 61.1 Å². The fourth-order valence-corrected chi connectivity index (χ4v) is 8.72. The average Bonchev–Trinajstić information content (AvgIpc) is 0.975. The maximum atomic E-state index is 12.0. The zero-order valence-electron chi connectivity index (χ0n) is 56.1. The number of unbranched alkanes of at least 4 members (excludes halogenated alkanes) is 11. The number of hydrogen-bond donors (Lipinski definition) is 4. The number of nitrogens with two attached hydrogens (primary N) is 1. The molecule has 0 aromatic heterocycles. The van der Waals surface area contributed by atoms with Gasteiger partial charge in [0.2, 0.25) is 0 Å². The Labute approximate surface area is 581 Å². The van der Waals surface area contributed by atoms with Crippen molar-refractivity contribution in [2.45, 2.75) is 128 Å². The van der Waals surface area contributed by atoms with E-state index in [-0.39, 0.29) is 54.1 Å². The second-order valence-electron chi connectivity index (χ2n) is 21.4. The Morgan fingerprint density at radius 1 is 0.490 bits per heavy atom. The van der Waals surface area contributed by atoms with E-state index in [1.165, 1.54) is 105 Å². The lowest BCUT2D eigenvalue weighted by atomic mass is 10.1. The fraction of sp³-hybridized carbons (Fsp3) is 0.397. The van der Waals surface area contributed by atoms with Crippen LogP contribution in [0.2, 0.25) is 0 Å². The summed E-state index contributed by atoms with van der Waals surface area (Å²) < 4.78 is 30.0. The molecule has 0 saturated carbocycles. The molecule has 0 aliphatic heterocycles. The molecule has 96 heavy (non-hydrogen) atoms. The van der Waals surface area contributed by atoms with Crippen LogP contribution >= 0.6 is 22.6 Å². The molecule has 0 fully saturated rings. The number of nitrogen functional groups attached to an aromatic ring is 1. The minimum Gasteiger partial charge on any atom is -0.399 e. The number of terminal acetylenes is 1. The molecule has 23 heteroatoms. The van der Waals surface area contributed by atoms with Crippen molar-refractivity contribution in [3.8, 4) is 47.9 Å². The average molecular weight is 1450 g/mol. The summed E-state index contributed by atoms with van der Waals surface area (Å²) in [4.78, 5) is 44.4. The Balaban J connectivity index is 0.00000116. The summed E-state index contributed by atoms with van der Waals surface area (Å²) in [5.41, 5.74) is 11.5. The van der Waals surface area contributed by atoms with E-state index in [0.29, 0.717) is 24.8 Å². The van der Waals surface area contributed by atoms with Crippen molar-refractivity contribution in [1.82, 2.24) is 9.80 Å². The van der Waals surface area contributed by atoms with Crippen LogP contribution in [0.1, 0.15) is 137 Å². The first-order valence-corrected chi connectivity index (χ1v) is 33.9. The van der Waals surface area contributed by atoms with E-state index >= 15 is 0 Å². The van der Waals surface area contributed by atoms with Crippen LogP contribution in [0.15, 0.2) is 150 Å². The van der Waals surface area contributed by atoms with Gasteiger partial charge in [-0.3, -0.25) is 44.6 Å². The van der Waals surface area contributed by atoms with Gasteiger partial charge in [0, 0.05) is 120 Å². The predicted octanol–water partition coefficient (Wildman–Crippen LogP) is 14.5. The van der Waals surface area contributed by atoms with Crippen molar-refractivity contribution in [2.75, 3.05) is 73.4 Å². The Bertz CT molecular complexity index is 3460. The van der Waals surface area contributed by atoms with Gasteiger partial charge in [-0.05, 0) is 227 Å². The molecule has 0 amide bonds. The van der Waals surface area contributed by atoms with Gasteiger partial charge in [0.1, 0.15) is 0 Å². The van der Waals surface area contributed by atoms with Crippen LogP contribution in [0, 0.1) is 98.8 Å². The van der Waals surface area contributed by atoms with Crippen LogP contribution in [-0.2, 0) is 20.7 Å². The maximum Gasteiger partial charge on any atom is 0.296 e. The van der Waals surface area contributed by atoms with Crippen LogP contribution in [0.4, 0.5) is 28.4 Å². The van der Waals surface area contributed by atoms with Gasteiger partial charge in [0.05, 0.1) is 31.2 Å². The molecule has 6 aromatic carbocycles. The minimum absolute atomic E-state index is 0.0301. The molecule has 0 spiro atoms. The molecule has 0 unspecified atom stereocenters.